The first-order valence-corrected chi connectivity index (χ1v) is 5.24. The number of benzene rings is 1. The van der Waals surface area contributed by atoms with E-state index in [-0.39, 0.29) is 0 Å². The Morgan fingerprint density at radius 1 is 1.29 bits per heavy atom. The van der Waals surface area contributed by atoms with Crippen molar-refractivity contribution < 1.29 is 4.74 Å². The van der Waals surface area contributed by atoms with Crippen LogP contribution in [0.1, 0.15) is 19.8 Å². The Balaban J connectivity index is 2.32. The first-order valence-electron chi connectivity index (χ1n) is 5.24. The summed E-state index contributed by atoms with van der Waals surface area (Å²) in [6.45, 7) is 3.61. The van der Waals surface area contributed by atoms with Crippen LogP contribution in [0.25, 0.3) is 0 Å². The summed E-state index contributed by atoms with van der Waals surface area (Å²) in [5, 5.41) is 0. The molecule has 0 radical (unpaired) electrons. The van der Waals surface area contributed by atoms with Gasteiger partial charge in [0, 0.05) is 5.92 Å². The normalized spacial score (nSPS) is 12.4. The molecule has 0 heterocycles. The molecule has 0 aliphatic rings. The van der Waals surface area contributed by atoms with Crippen LogP contribution in [-0.2, 0) is 0 Å². The topological polar surface area (TPSA) is 35.2 Å². The van der Waals surface area contributed by atoms with Gasteiger partial charge in [0.15, 0.2) is 0 Å². The van der Waals surface area contributed by atoms with E-state index in [1.165, 1.54) is 6.42 Å². The van der Waals surface area contributed by atoms with E-state index in [4.69, 9.17) is 10.5 Å². The highest BCUT2D eigenvalue weighted by Gasteiger charge is 2.05. The lowest BCUT2D eigenvalue weighted by atomic mass is 10.1. The van der Waals surface area contributed by atoms with E-state index in [9.17, 15) is 0 Å². The van der Waals surface area contributed by atoms with E-state index in [2.05, 4.69) is 6.92 Å². The van der Waals surface area contributed by atoms with Crippen LogP contribution in [0.2, 0.25) is 0 Å². The highest BCUT2D eigenvalue weighted by Crippen LogP contribution is 2.11. The molecule has 0 saturated heterocycles. The minimum absolute atomic E-state index is 0.486. The van der Waals surface area contributed by atoms with E-state index in [0.717, 1.165) is 18.8 Å². The van der Waals surface area contributed by atoms with E-state index >= 15 is 0 Å². The molecule has 14 heavy (non-hydrogen) atoms. The van der Waals surface area contributed by atoms with Gasteiger partial charge in [-0.15, -0.1) is 0 Å². The fraction of sp³-hybridized carbons (Fsp3) is 0.500. The summed E-state index contributed by atoms with van der Waals surface area (Å²) in [6.07, 6.45) is 2.31. The fourth-order valence-corrected chi connectivity index (χ4v) is 1.41. The SMILES string of the molecule is CCCC(CN)COc1ccccc1. The maximum Gasteiger partial charge on any atom is 0.119 e. The molecular formula is C12H19NO. The Labute approximate surface area is 86.1 Å². The van der Waals surface area contributed by atoms with E-state index in [1.54, 1.807) is 0 Å². The Morgan fingerprint density at radius 2 is 2.00 bits per heavy atom. The van der Waals surface area contributed by atoms with Crippen molar-refractivity contribution in [3.8, 4) is 5.75 Å². The van der Waals surface area contributed by atoms with Crippen LogP contribution in [-0.4, -0.2) is 13.2 Å². The molecule has 78 valence electrons. The largest absolute Gasteiger partial charge is 0.493 e. The number of nitrogens with two attached hydrogens (primary N) is 1. The average Bonchev–Trinajstić information content (AvgIpc) is 2.25. The maximum atomic E-state index is 5.64. The van der Waals surface area contributed by atoms with Gasteiger partial charge in [0.05, 0.1) is 6.61 Å². The van der Waals surface area contributed by atoms with Crippen molar-refractivity contribution in [3.05, 3.63) is 30.3 Å². The minimum Gasteiger partial charge on any atom is -0.493 e. The number of rotatable bonds is 6. The van der Waals surface area contributed by atoms with Crippen molar-refractivity contribution in [2.75, 3.05) is 13.2 Å². The van der Waals surface area contributed by atoms with Gasteiger partial charge in [-0.2, -0.15) is 0 Å². The number of para-hydroxylation sites is 1. The summed E-state index contributed by atoms with van der Waals surface area (Å²) >= 11 is 0. The molecule has 1 rings (SSSR count). The predicted molar refractivity (Wildman–Crippen MR) is 59.4 cm³/mol. The number of ether oxygens (including phenoxy) is 1. The van der Waals surface area contributed by atoms with Crippen LogP contribution in [0.3, 0.4) is 0 Å². The molecular weight excluding hydrogens is 174 g/mol. The molecule has 1 atom stereocenters. The molecule has 2 heteroatoms. The average molecular weight is 193 g/mol. The highest BCUT2D eigenvalue weighted by atomic mass is 16.5. The third-order valence-corrected chi connectivity index (χ3v) is 2.26. The summed E-state index contributed by atoms with van der Waals surface area (Å²) < 4.78 is 5.63. The quantitative estimate of drug-likeness (QED) is 0.753. The van der Waals surface area contributed by atoms with Gasteiger partial charge >= 0.3 is 0 Å². The van der Waals surface area contributed by atoms with Gasteiger partial charge in [0.25, 0.3) is 0 Å². The Morgan fingerprint density at radius 3 is 2.57 bits per heavy atom. The van der Waals surface area contributed by atoms with Crippen molar-refractivity contribution in [3.63, 3.8) is 0 Å². The van der Waals surface area contributed by atoms with Gasteiger partial charge in [0.1, 0.15) is 5.75 Å². The predicted octanol–water partition coefficient (Wildman–Crippen LogP) is 2.44. The molecule has 2 nitrogen and oxygen atoms in total. The van der Waals surface area contributed by atoms with Crippen LogP contribution < -0.4 is 10.5 Å². The minimum atomic E-state index is 0.486. The van der Waals surface area contributed by atoms with Crippen molar-refractivity contribution in [1.82, 2.24) is 0 Å². The van der Waals surface area contributed by atoms with Gasteiger partial charge in [-0.25, -0.2) is 0 Å². The molecule has 0 saturated carbocycles. The monoisotopic (exact) mass is 193 g/mol. The van der Waals surface area contributed by atoms with Gasteiger partial charge < -0.3 is 10.5 Å². The Hall–Kier alpha value is -1.02. The lowest BCUT2D eigenvalue weighted by Gasteiger charge is -2.14. The van der Waals surface area contributed by atoms with Crippen molar-refractivity contribution in [2.45, 2.75) is 19.8 Å². The second kappa shape index (κ2) is 6.44. The summed E-state index contributed by atoms with van der Waals surface area (Å²) in [5.41, 5.74) is 5.64. The maximum absolute atomic E-state index is 5.64. The molecule has 1 unspecified atom stereocenters. The third kappa shape index (κ3) is 3.79. The van der Waals surface area contributed by atoms with E-state index < -0.39 is 0 Å². The Kier molecular flexibility index (Phi) is 5.08. The van der Waals surface area contributed by atoms with Gasteiger partial charge in [-0.05, 0) is 25.1 Å². The molecule has 0 aliphatic heterocycles. The molecule has 0 aliphatic carbocycles. The van der Waals surface area contributed by atoms with Crippen LogP contribution in [0, 0.1) is 5.92 Å². The standard InChI is InChI=1S/C12H19NO/c1-2-6-11(9-13)10-14-12-7-4-3-5-8-12/h3-5,7-8,11H,2,6,9-10,13H2,1H3. The molecule has 0 aromatic heterocycles. The summed E-state index contributed by atoms with van der Waals surface area (Å²) in [4.78, 5) is 0. The van der Waals surface area contributed by atoms with Crippen LogP contribution in [0.5, 0.6) is 5.75 Å². The second-order valence-corrected chi connectivity index (χ2v) is 3.51. The van der Waals surface area contributed by atoms with Crippen LogP contribution in [0.15, 0.2) is 30.3 Å². The van der Waals surface area contributed by atoms with Gasteiger partial charge in [0.2, 0.25) is 0 Å². The van der Waals surface area contributed by atoms with Crippen LogP contribution in [0.4, 0.5) is 0 Å². The Bertz CT molecular complexity index is 235. The summed E-state index contributed by atoms with van der Waals surface area (Å²) in [5.74, 6) is 1.42. The lowest BCUT2D eigenvalue weighted by molar-refractivity contribution is 0.243. The summed E-state index contributed by atoms with van der Waals surface area (Å²) in [6, 6.07) is 9.89. The van der Waals surface area contributed by atoms with Crippen molar-refractivity contribution >= 4 is 0 Å². The van der Waals surface area contributed by atoms with E-state index in [1.807, 2.05) is 30.3 Å². The zero-order valence-corrected chi connectivity index (χ0v) is 8.78. The van der Waals surface area contributed by atoms with Gasteiger partial charge in [-0.3, -0.25) is 0 Å². The van der Waals surface area contributed by atoms with Crippen molar-refractivity contribution in [2.24, 2.45) is 11.7 Å². The molecule has 0 fully saturated rings. The third-order valence-electron chi connectivity index (χ3n) is 2.26. The zero-order chi connectivity index (χ0) is 10.2. The molecule has 0 spiro atoms. The van der Waals surface area contributed by atoms with E-state index in [0.29, 0.717) is 12.5 Å². The first-order chi connectivity index (χ1) is 6.86. The number of hydrogen-bond acceptors (Lipinski definition) is 2. The number of hydrogen-bond donors (Lipinski definition) is 1. The summed E-state index contributed by atoms with van der Waals surface area (Å²) in [7, 11) is 0. The first kappa shape index (κ1) is 11.1. The van der Waals surface area contributed by atoms with Crippen LogP contribution >= 0.6 is 0 Å². The molecule has 0 bridgehead atoms. The van der Waals surface area contributed by atoms with Crippen molar-refractivity contribution in [1.29, 1.82) is 0 Å². The fourth-order valence-electron chi connectivity index (χ4n) is 1.41. The van der Waals surface area contributed by atoms with Gasteiger partial charge in [-0.1, -0.05) is 31.5 Å². The molecule has 0 amide bonds. The molecule has 1 aromatic rings. The zero-order valence-electron chi connectivity index (χ0n) is 8.78. The molecule has 2 N–H and O–H groups in total. The highest BCUT2D eigenvalue weighted by molar-refractivity contribution is 5.20. The smallest absolute Gasteiger partial charge is 0.119 e. The molecule has 1 aromatic carbocycles. The lowest BCUT2D eigenvalue weighted by Crippen LogP contribution is -2.21. The second-order valence-electron chi connectivity index (χ2n) is 3.51.